The van der Waals surface area contributed by atoms with E-state index in [4.69, 9.17) is 4.74 Å². The quantitative estimate of drug-likeness (QED) is 0.898. The molecule has 0 fully saturated rings. The summed E-state index contributed by atoms with van der Waals surface area (Å²) in [5, 5.41) is 17.3. The van der Waals surface area contributed by atoms with E-state index in [1.54, 1.807) is 17.8 Å². The van der Waals surface area contributed by atoms with Gasteiger partial charge in [0, 0.05) is 0 Å². The van der Waals surface area contributed by atoms with Gasteiger partial charge in [-0.15, -0.1) is 5.10 Å². The molecule has 18 heavy (non-hydrogen) atoms. The standard InChI is InChI=1S/C13H17N3O2/c1-9(2)18-12-6-4-11(5-7-12)16-8-13(10(3)17)14-15-16/h4-10,17H,1-3H3. The van der Waals surface area contributed by atoms with Crippen LogP contribution >= 0.6 is 0 Å². The first-order chi connectivity index (χ1) is 8.56. The molecule has 1 aromatic heterocycles. The third kappa shape index (κ3) is 2.87. The minimum atomic E-state index is -0.609. The Balaban J connectivity index is 2.17. The largest absolute Gasteiger partial charge is 0.491 e. The summed E-state index contributed by atoms with van der Waals surface area (Å²) in [7, 11) is 0. The predicted molar refractivity (Wildman–Crippen MR) is 67.8 cm³/mol. The molecule has 0 saturated carbocycles. The Morgan fingerprint density at radius 1 is 1.17 bits per heavy atom. The summed E-state index contributed by atoms with van der Waals surface area (Å²) in [5.41, 5.74) is 1.43. The molecule has 1 N–H and O–H groups in total. The Hall–Kier alpha value is -1.88. The zero-order valence-corrected chi connectivity index (χ0v) is 10.7. The maximum absolute atomic E-state index is 9.39. The average molecular weight is 247 g/mol. The molecule has 5 heteroatoms. The number of hydrogen-bond donors (Lipinski definition) is 1. The van der Waals surface area contributed by atoms with E-state index in [0.29, 0.717) is 5.69 Å². The predicted octanol–water partition coefficient (Wildman–Crippen LogP) is 2.11. The van der Waals surface area contributed by atoms with Crippen LogP contribution in [0.3, 0.4) is 0 Å². The van der Waals surface area contributed by atoms with Crippen LogP contribution in [-0.4, -0.2) is 26.2 Å². The molecule has 5 nitrogen and oxygen atoms in total. The molecule has 1 heterocycles. The molecule has 0 amide bonds. The second kappa shape index (κ2) is 5.18. The smallest absolute Gasteiger partial charge is 0.119 e. The molecule has 0 saturated heterocycles. The van der Waals surface area contributed by atoms with E-state index in [1.807, 2.05) is 38.1 Å². The molecule has 0 spiro atoms. The number of aliphatic hydroxyl groups excluding tert-OH is 1. The summed E-state index contributed by atoms with van der Waals surface area (Å²) in [6.07, 6.45) is 1.26. The number of benzene rings is 1. The van der Waals surface area contributed by atoms with Crippen LogP contribution in [0.5, 0.6) is 5.75 Å². The van der Waals surface area contributed by atoms with E-state index in [1.165, 1.54) is 0 Å². The summed E-state index contributed by atoms with van der Waals surface area (Å²) in [6.45, 7) is 5.63. The van der Waals surface area contributed by atoms with E-state index in [9.17, 15) is 5.11 Å². The molecular formula is C13H17N3O2. The molecular weight excluding hydrogens is 230 g/mol. The second-order valence-corrected chi connectivity index (χ2v) is 4.42. The van der Waals surface area contributed by atoms with Crippen molar-refractivity contribution in [1.82, 2.24) is 15.0 Å². The van der Waals surface area contributed by atoms with Crippen molar-refractivity contribution in [1.29, 1.82) is 0 Å². The summed E-state index contributed by atoms with van der Waals surface area (Å²) in [6, 6.07) is 7.58. The van der Waals surface area contributed by atoms with Crippen molar-refractivity contribution < 1.29 is 9.84 Å². The molecule has 0 aliphatic carbocycles. The molecule has 0 aliphatic rings. The third-order valence-electron chi connectivity index (χ3n) is 2.41. The highest BCUT2D eigenvalue weighted by atomic mass is 16.5. The summed E-state index contributed by atoms with van der Waals surface area (Å²) in [4.78, 5) is 0. The molecule has 1 atom stereocenters. The van der Waals surface area contributed by atoms with Crippen molar-refractivity contribution in [3.05, 3.63) is 36.2 Å². The monoisotopic (exact) mass is 247 g/mol. The van der Waals surface area contributed by atoms with Crippen molar-refractivity contribution in [2.24, 2.45) is 0 Å². The maximum Gasteiger partial charge on any atom is 0.119 e. The third-order valence-corrected chi connectivity index (χ3v) is 2.41. The number of aromatic nitrogens is 3. The summed E-state index contributed by atoms with van der Waals surface area (Å²) >= 11 is 0. The van der Waals surface area contributed by atoms with Gasteiger partial charge in [-0.2, -0.15) is 0 Å². The highest BCUT2D eigenvalue weighted by Crippen LogP contribution is 2.17. The summed E-state index contributed by atoms with van der Waals surface area (Å²) in [5.74, 6) is 0.824. The van der Waals surface area contributed by atoms with Gasteiger partial charge in [-0.1, -0.05) is 5.21 Å². The Bertz CT molecular complexity index is 503. The van der Waals surface area contributed by atoms with Gasteiger partial charge in [-0.3, -0.25) is 0 Å². The number of rotatable bonds is 4. The van der Waals surface area contributed by atoms with Crippen LogP contribution < -0.4 is 4.74 Å². The van der Waals surface area contributed by atoms with Crippen molar-refractivity contribution in [3.63, 3.8) is 0 Å². The molecule has 1 aromatic carbocycles. The molecule has 0 aliphatic heterocycles. The van der Waals surface area contributed by atoms with Crippen LogP contribution in [0, 0.1) is 0 Å². The minimum absolute atomic E-state index is 0.157. The summed E-state index contributed by atoms with van der Waals surface area (Å²) < 4.78 is 7.19. The van der Waals surface area contributed by atoms with E-state index >= 15 is 0 Å². The van der Waals surface area contributed by atoms with Gasteiger partial charge in [0.05, 0.1) is 24.1 Å². The van der Waals surface area contributed by atoms with Crippen molar-refractivity contribution in [2.45, 2.75) is 33.0 Å². The lowest BCUT2D eigenvalue weighted by Crippen LogP contribution is -2.05. The molecule has 0 radical (unpaired) electrons. The SMILES string of the molecule is CC(C)Oc1ccc(-n2cc(C(C)O)nn2)cc1. The lowest BCUT2D eigenvalue weighted by atomic mass is 10.3. The zero-order chi connectivity index (χ0) is 13.1. The Morgan fingerprint density at radius 2 is 1.83 bits per heavy atom. The van der Waals surface area contributed by atoms with Gasteiger partial charge < -0.3 is 9.84 Å². The molecule has 1 unspecified atom stereocenters. The fourth-order valence-corrected chi connectivity index (χ4v) is 1.54. The van der Waals surface area contributed by atoms with Gasteiger partial charge in [0.1, 0.15) is 11.4 Å². The lowest BCUT2D eigenvalue weighted by molar-refractivity contribution is 0.194. The fraction of sp³-hybridized carbons (Fsp3) is 0.385. The van der Waals surface area contributed by atoms with Crippen LogP contribution in [0.4, 0.5) is 0 Å². The Morgan fingerprint density at radius 3 is 2.33 bits per heavy atom. The van der Waals surface area contributed by atoms with Crippen LogP contribution in [0.1, 0.15) is 32.6 Å². The zero-order valence-electron chi connectivity index (χ0n) is 10.7. The normalized spacial score (nSPS) is 12.7. The molecule has 0 bridgehead atoms. The molecule has 2 aromatic rings. The number of nitrogens with zero attached hydrogens (tertiary/aromatic N) is 3. The Labute approximate surface area is 106 Å². The number of ether oxygens (including phenoxy) is 1. The van der Waals surface area contributed by atoms with Gasteiger partial charge in [0.25, 0.3) is 0 Å². The van der Waals surface area contributed by atoms with E-state index in [-0.39, 0.29) is 6.10 Å². The topological polar surface area (TPSA) is 60.2 Å². The average Bonchev–Trinajstić information content (AvgIpc) is 2.78. The van der Waals surface area contributed by atoms with Crippen molar-refractivity contribution >= 4 is 0 Å². The fourth-order valence-electron chi connectivity index (χ4n) is 1.54. The first-order valence-corrected chi connectivity index (χ1v) is 5.93. The van der Waals surface area contributed by atoms with E-state index in [0.717, 1.165) is 11.4 Å². The van der Waals surface area contributed by atoms with E-state index < -0.39 is 6.10 Å². The van der Waals surface area contributed by atoms with Gasteiger partial charge in [-0.05, 0) is 45.0 Å². The first-order valence-electron chi connectivity index (χ1n) is 5.93. The Kier molecular flexibility index (Phi) is 3.62. The first kappa shape index (κ1) is 12.6. The van der Waals surface area contributed by atoms with Gasteiger partial charge >= 0.3 is 0 Å². The van der Waals surface area contributed by atoms with Crippen LogP contribution in [0.15, 0.2) is 30.5 Å². The van der Waals surface area contributed by atoms with Gasteiger partial charge in [-0.25, -0.2) is 4.68 Å². The second-order valence-electron chi connectivity index (χ2n) is 4.42. The number of aliphatic hydroxyl groups is 1. The van der Waals surface area contributed by atoms with Crippen molar-refractivity contribution in [2.75, 3.05) is 0 Å². The van der Waals surface area contributed by atoms with Crippen molar-refractivity contribution in [3.8, 4) is 11.4 Å². The molecule has 2 rings (SSSR count). The molecule has 96 valence electrons. The van der Waals surface area contributed by atoms with Crippen LogP contribution in [0.25, 0.3) is 5.69 Å². The maximum atomic E-state index is 9.39. The lowest BCUT2D eigenvalue weighted by Gasteiger charge is -2.09. The number of hydrogen-bond acceptors (Lipinski definition) is 4. The van der Waals surface area contributed by atoms with Crippen LogP contribution in [-0.2, 0) is 0 Å². The van der Waals surface area contributed by atoms with Gasteiger partial charge in [0.2, 0.25) is 0 Å². The minimum Gasteiger partial charge on any atom is -0.491 e. The van der Waals surface area contributed by atoms with Gasteiger partial charge in [0.15, 0.2) is 0 Å². The highest BCUT2D eigenvalue weighted by molar-refractivity contribution is 5.36. The van der Waals surface area contributed by atoms with E-state index in [2.05, 4.69) is 10.3 Å². The van der Waals surface area contributed by atoms with Crippen LogP contribution in [0.2, 0.25) is 0 Å². The highest BCUT2D eigenvalue weighted by Gasteiger charge is 2.07.